The highest BCUT2D eigenvalue weighted by atomic mass is 31.3. The smallest absolute Gasteiger partial charge is 0.396 e. The van der Waals surface area contributed by atoms with Gasteiger partial charge in [-0.15, -0.1) is 6.42 Å². The van der Waals surface area contributed by atoms with Crippen LogP contribution in [-0.2, 0) is 31.6 Å². The third kappa shape index (κ3) is 6.52. The molecule has 1 fully saturated rings. The van der Waals surface area contributed by atoms with Crippen LogP contribution >= 0.6 is 23.5 Å². The molecule has 17 nitrogen and oxygen atoms in total. The average molecular weight is 538 g/mol. The van der Waals surface area contributed by atoms with E-state index in [1.54, 1.807) is 5.92 Å². The Hall–Kier alpha value is -1.57. The molecule has 2 rings (SSSR count). The Morgan fingerprint density at radius 1 is 1.33 bits per heavy atom. The summed E-state index contributed by atoms with van der Waals surface area (Å²) in [5.41, 5.74) is 1.19. The van der Waals surface area contributed by atoms with Gasteiger partial charge in [0, 0.05) is 0 Å². The Labute approximate surface area is 183 Å². The number of alkyl halides is 1. The molecule has 1 aromatic heterocycles. The first-order valence-electron chi connectivity index (χ1n) is 8.41. The van der Waals surface area contributed by atoms with E-state index in [1.807, 2.05) is 0 Å². The number of rotatable bonds is 9. The fourth-order valence-corrected chi connectivity index (χ4v) is 6.14. The third-order valence-corrected chi connectivity index (χ3v) is 8.06. The van der Waals surface area contributed by atoms with Gasteiger partial charge in [-0.1, -0.05) is 5.92 Å². The SMILES string of the molecule is C#CC1(F)C(CO)[C@@H]([C@@H](C)OP(=O)(O)OP(=O)(O)OP(=O)(O)O)O[C@H]1n1ncc(N)nc1=O. The van der Waals surface area contributed by atoms with Crippen LogP contribution in [0.5, 0.6) is 0 Å². The van der Waals surface area contributed by atoms with Gasteiger partial charge in [0.25, 0.3) is 0 Å². The molecule has 0 bridgehead atoms. The first kappa shape index (κ1) is 27.7. The summed E-state index contributed by atoms with van der Waals surface area (Å²) in [4.78, 5) is 51.4. The lowest BCUT2D eigenvalue weighted by Crippen LogP contribution is -2.44. The number of nitrogens with zero attached hydrogens (tertiary/aromatic N) is 3. The van der Waals surface area contributed by atoms with Crippen LogP contribution in [0.4, 0.5) is 10.2 Å². The van der Waals surface area contributed by atoms with Gasteiger partial charge in [-0.2, -0.15) is 23.4 Å². The summed E-state index contributed by atoms with van der Waals surface area (Å²) >= 11 is 0. The Kier molecular flexibility index (Phi) is 8.04. The van der Waals surface area contributed by atoms with Crippen LogP contribution in [0, 0.1) is 18.3 Å². The van der Waals surface area contributed by atoms with Gasteiger partial charge in [0.15, 0.2) is 0 Å². The number of aliphatic hydroxyl groups excluding tert-OH is 1. The molecule has 0 saturated carbocycles. The number of anilines is 1. The van der Waals surface area contributed by atoms with E-state index in [1.165, 1.54) is 0 Å². The Morgan fingerprint density at radius 3 is 2.42 bits per heavy atom. The van der Waals surface area contributed by atoms with Crippen molar-refractivity contribution in [2.45, 2.75) is 31.0 Å². The molecule has 186 valence electrons. The predicted octanol–water partition coefficient (Wildman–Crippen LogP) is -1.20. The number of halogens is 1. The van der Waals surface area contributed by atoms with Gasteiger partial charge in [-0.25, -0.2) is 22.9 Å². The molecule has 1 saturated heterocycles. The molecule has 21 heteroatoms. The maximum atomic E-state index is 15.6. The van der Waals surface area contributed by atoms with Crippen molar-refractivity contribution in [2.24, 2.45) is 5.92 Å². The van der Waals surface area contributed by atoms with Crippen molar-refractivity contribution in [3.05, 3.63) is 16.7 Å². The van der Waals surface area contributed by atoms with Gasteiger partial charge in [-0.05, 0) is 6.92 Å². The fourth-order valence-electron chi connectivity index (χ4n) is 2.94. The fraction of sp³-hybridized carbons (Fsp3) is 0.583. The normalized spacial score (nSPS) is 30.2. The van der Waals surface area contributed by atoms with E-state index >= 15 is 4.39 Å². The summed E-state index contributed by atoms with van der Waals surface area (Å²) in [5, 5.41) is 13.2. The van der Waals surface area contributed by atoms with E-state index in [0.29, 0.717) is 4.68 Å². The number of phosphoric acid groups is 3. The minimum absolute atomic E-state index is 0.310. The number of hydrogen-bond acceptors (Lipinski definition) is 12. The van der Waals surface area contributed by atoms with E-state index in [0.717, 1.165) is 13.1 Å². The van der Waals surface area contributed by atoms with Gasteiger partial charge < -0.3 is 35.2 Å². The van der Waals surface area contributed by atoms with Gasteiger partial charge in [0.1, 0.15) is 5.82 Å². The molecule has 1 aliphatic rings. The molecule has 0 amide bonds. The highest BCUT2D eigenvalue weighted by Crippen LogP contribution is 2.67. The molecule has 0 aromatic carbocycles. The molecular weight excluding hydrogens is 520 g/mol. The Balaban J connectivity index is 2.32. The van der Waals surface area contributed by atoms with Gasteiger partial charge in [-0.3, -0.25) is 4.52 Å². The molecule has 2 heterocycles. The third-order valence-electron chi connectivity index (χ3n) is 4.13. The molecule has 0 radical (unpaired) electrons. The monoisotopic (exact) mass is 538 g/mol. The van der Waals surface area contributed by atoms with Crippen LogP contribution in [0.3, 0.4) is 0 Å². The van der Waals surface area contributed by atoms with Crippen molar-refractivity contribution in [3.8, 4) is 12.3 Å². The zero-order valence-corrected chi connectivity index (χ0v) is 19.0. The zero-order valence-electron chi connectivity index (χ0n) is 16.3. The molecule has 0 aliphatic carbocycles. The number of aromatic nitrogens is 3. The topological polar surface area (TPSA) is 263 Å². The van der Waals surface area contributed by atoms with E-state index in [9.17, 15) is 33.4 Å². The second-order valence-electron chi connectivity index (χ2n) is 6.46. The first-order chi connectivity index (χ1) is 14.9. The summed E-state index contributed by atoms with van der Waals surface area (Å²) < 4.78 is 67.3. The minimum atomic E-state index is -5.82. The summed E-state index contributed by atoms with van der Waals surface area (Å²) in [6.45, 7) is -0.0639. The molecular formula is C12H18FN4O13P3. The van der Waals surface area contributed by atoms with Crippen molar-refractivity contribution in [2.75, 3.05) is 12.3 Å². The van der Waals surface area contributed by atoms with Gasteiger partial charge in [0.05, 0.1) is 30.9 Å². The highest BCUT2D eigenvalue weighted by Gasteiger charge is 2.60. The van der Waals surface area contributed by atoms with E-state index in [2.05, 4.69) is 23.2 Å². The van der Waals surface area contributed by atoms with Crippen molar-refractivity contribution >= 4 is 29.3 Å². The predicted molar refractivity (Wildman–Crippen MR) is 102 cm³/mol. The lowest BCUT2D eigenvalue weighted by atomic mass is 9.86. The van der Waals surface area contributed by atoms with Gasteiger partial charge in [0.2, 0.25) is 11.9 Å². The average Bonchev–Trinajstić information content (AvgIpc) is 2.91. The number of ether oxygens (including phenoxy) is 1. The van der Waals surface area contributed by atoms with Crippen molar-refractivity contribution in [1.82, 2.24) is 14.8 Å². The largest absolute Gasteiger partial charge is 0.490 e. The maximum absolute atomic E-state index is 15.6. The zero-order chi connectivity index (χ0) is 25.4. The number of nitrogen functional groups attached to an aromatic ring is 1. The number of phosphoric ester groups is 1. The lowest BCUT2D eigenvalue weighted by molar-refractivity contribution is -0.0798. The Bertz CT molecular complexity index is 1140. The standard InChI is InChI=1S/C12H18FN4O13P3/c1-3-12(13)7(5-18)9(27-10(12)17-11(19)16-8(14)4-15-17)6(2)28-32(23,24)30-33(25,26)29-31(20,21)22/h1,4,6-7,9-10,18H,5H2,2H3,(H,23,24)(H,25,26)(H2,14,16,19)(H2,20,21,22)/t6-,7?,9-,10-,12?/m1/s1. The van der Waals surface area contributed by atoms with Crippen LogP contribution in [0.25, 0.3) is 0 Å². The van der Waals surface area contributed by atoms with Gasteiger partial charge >= 0.3 is 29.2 Å². The second-order valence-corrected chi connectivity index (χ2v) is 10.8. The maximum Gasteiger partial charge on any atom is 0.490 e. The van der Waals surface area contributed by atoms with E-state index in [4.69, 9.17) is 26.7 Å². The van der Waals surface area contributed by atoms with E-state index < -0.39 is 65.8 Å². The molecule has 7 atom stereocenters. The van der Waals surface area contributed by atoms with Crippen molar-refractivity contribution < 1.29 is 60.6 Å². The van der Waals surface area contributed by atoms with Crippen LogP contribution < -0.4 is 11.4 Å². The van der Waals surface area contributed by atoms with Crippen LogP contribution in [-0.4, -0.2) is 63.9 Å². The summed E-state index contributed by atoms with van der Waals surface area (Å²) in [5.74, 6) is -0.293. The lowest BCUT2D eigenvalue weighted by Gasteiger charge is -2.27. The summed E-state index contributed by atoms with van der Waals surface area (Å²) in [6, 6.07) is 0. The van der Waals surface area contributed by atoms with Crippen LogP contribution in [0.15, 0.2) is 11.0 Å². The number of terminal acetylenes is 1. The molecule has 1 aliphatic heterocycles. The Morgan fingerprint density at radius 2 is 1.94 bits per heavy atom. The molecule has 33 heavy (non-hydrogen) atoms. The first-order valence-corrected chi connectivity index (χ1v) is 12.9. The summed E-state index contributed by atoms with van der Waals surface area (Å²) in [6.07, 6.45) is 0.648. The molecule has 0 spiro atoms. The van der Waals surface area contributed by atoms with Crippen molar-refractivity contribution in [1.29, 1.82) is 0 Å². The minimum Gasteiger partial charge on any atom is -0.396 e. The quantitative estimate of drug-likeness (QED) is 0.159. The number of aliphatic hydroxyl groups is 1. The molecule has 7 N–H and O–H groups in total. The highest BCUT2D eigenvalue weighted by molar-refractivity contribution is 7.66. The van der Waals surface area contributed by atoms with Crippen LogP contribution in [0.2, 0.25) is 0 Å². The van der Waals surface area contributed by atoms with Crippen LogP contribution in [0.1, 0.15) is 13.2 Å². The number of hydrogen-bond donors (Lipinski definition) is 6. The number of nitrogens with two attached hydrogens (primary N) is 1. The van der Waals surface area contributed by atoms with Crippen molar-refractivity contribution in [3.63, 3.8) is 0 Å². The molecule has 4 unspecified atom stereocenters. The second kappa shape index (κ2) is 9.59. The summed E-state index contributed by atoms with van der Waals surface area (Å²) in [7, 11) is -17.1. The molecule has 1 aromatic rings. The van der Waals surface area contributed by atoms with E-state index in [-0.39, 0.29) is 5.82 Å².